The summed E-state index contributed by atoms with van der Waals surface area (Å²) in [5.41, 5.74) is 3.51. The minimum absolute atomic E-state index is 0.398. The maximum absolute atomic E-state index is 6.13. The molecule has 0 saturated heterocycles. The van der Waals surface area contributed by atoms with E-state index in [0.29, 0.717) is 43.9 Å². The fraction of sp³-hybridized carbons (Fsp3) is 0.357. The Bertz CT molecular complexity index is 1160. The van der Waals surface area contributed by atoms with Crippen molar-refractivity contribution in [3.63, 3.8) is 0 Å². The number of rotatable bonds is 7. The number of anilines is 2. The second-order valence-electron chi connectivity index (χ2n) is 8.25. The van der Waals surface area contributed by atoms with Crippen LogP contribution in [0.25, 0.3) is 11.3 Å². The molecule has 0 unspecified atom stereocenters. The van der Waals surface area contributed by atoms with Crippen molar-refractivity contribution in [1.29, 1.82) is 0 Å². The molecule has 0 saturated carbocycles. The number of nitrogens with zero attached hydrogens (tertiary/aromatic N) is 3. The molecular weight excluding hydrogens is 456 g/mol. The summed E-state index contributed by atoms with van der Waals surface area (Å²) in [5.74, 6) is 2.63. The van der Waals surface area contributed by atoms with E-state index in [9.17, 15) is 0 Å². The Labute approximate surface area is 212 Å². The van der Waals surface area contributed by atoms with Crippen LogP contribution in [0, 0.1) is 0 Å². The van der Waals surface area contributed by atoms with Crippen molar-refractivity contribution in [3.05, 3.63) is 66.4 Å². The van der Waals surface area contributed by atoms with Crippen LogP contribution in [0.4, 0.5) is 11.6 Å². The quantitative estimate of drug-likeness (QED) is 0.460. The molecule has 3 aromatic rings. The molecule has 0 fully saturated rings. The smallest absolute Gasteiger partial charge is 0.227 e. The summed E-state index contributed by atoms with van der Waals surface area (Å²) in [6, 6.07) is 13.6. The lowest BCUT2D eigenvalue weighted by Crippen LogP contribution is -2.28. The highest BCUT2D eigenvalue weighted by Crippen LogP contribution is 2.32. The third-order valence-corrected chi connectivity index (χ3v) is 5.96. The average molecular weight is 491 g/mol. The van der Waals surface area contributed by atoms with Crippen molar-refractivity contribution >= 4 is 11.6 Å². The monoisotopic (exact) mass is 490 g/mol. The third kappa shape index (κ3) is 6.74. The summed E-state index contributed by atoms with van der Waals surface area (Å²) >= 11 is 0. The van der Waals surface area contributed by atoms with E-state index < -0.39 is 0 Å². The number of ether oxygens (including phenoxy) is 4. The van der Waals surface area contributed by atoms with Gasteiger partial charge in [0.15, 0.2) is 11.5 Å². The molecule has 2 heterocycles. The zero-order valence-electron chi connectivity index (χ0n) is 21.2. The van der Waals surface area contributed by atoms with Gasteiger partial charge in [0, 0.05) is 29.6 Å². The van der Waals surface area contributed by atoms with Crippen molar-refractivity contribution in [2.45, 2.75) is 20.5 Å². The van der Waals surface area contributed by atoms with Crippen LogP contribution < -0.4 is 19.5 Å². The molecule has 0 aliphatic carbocycles. The fourth-order valence-electron chi connectivity index (χ4n) is 3.90. The van der Waals surface area contributed by atoms with Crippen LogP contribution in [0.3, 0.4) is 0 Å². The maximum atomic E-state index is 6.13. The summed E-state index contributed by atoms with van der Waals surface area (Å²) < 4.78 is 23.5. The van der Waals surface area contributed by atoms with Crippen molar-refractivity contribution < 1.29 is 18.9 Å². The molecule has 190 valence electrons. The van der Waals surface area contributed by atoms with Gasteiger partial charge in [-0.15, -0.1) is 0 Å². The van der Waals surface area contributed by atoms with Crippen LogP contribution in [0.2, 0.25) is 0 Å². The van der Waals surface area contributed by atoms with Gasteiger partial charge in [-0.05, 0) is 61.6 Å². The van der Waals surface area contributed by atoms with Crippen molar-refractivity contribution in [3.8, 4) is 28.5 Å². The lowest BCUT2D eigenvalue weighted by molar-refractivity contribution is 0.143. The normalized spacial score (nSPS) is 13.4. The molecule has 6 bridgehead atoms. The highest BCUT2D eigenvalue weighted by molar-refractivity contribution is 5.66. The molecule has 36 heavy (non-hydrogen) atoms. The Morgan fingerprint density at radius 1 is 1.00 bits per heavy atom. The standard InChI is InChI=1S/C28H34N4O4/c1-4-32(5-2)14-17-36-25-11-9-23-18-22(25)20-34-15-6-7-16-35-27-19-21(8-10-26(27)33-3)24-12-13-29-28(30-23)31-24/h6-13,18-19H,4-5,14-17,20H2,1-3H3,(H,29,30,31). The van der Waals surface area contributed by atoms with Gasteiger partial charge in [0.2, 0.25) is 5.95 Å². The highest BCUT2D eigenvalue weighted by atomic mass is 16.5. The van der Waals surface area contributed by atoms with Crippen LogP contribution in [-0.2, 0) is 11.3 Å². The number of methoxy groups -OCH3 is 1. The van der Waals surface area contributed by atoms with Crippen LogP contribution in [0.1, 0.15) is 19.4 Å². The summed E-state index contributed by atoms with van der Waals surface area (Å²) in [5, 5.41) is 3.32. The van der Waals surface area contributed by atoms with Gasteiger partial charge in [-0.3, -0.25) is 0 Å². The fourth-order valence-corrected chi connectivity index (χ4v) is 3.90. The molecule has 1 aromatic heterocycles. The van der Waals surface area contributed by atoms with Gasteiger partial charge in [-0.1, -0.05) is 19.9 Å². The molecule has 8 heteroatoms. The molecule has 8 nitrogen and oxygen atoms in total. The van der Waals surface area contributed by atoms with E-state index in [1.165, 1.54) is 0 Å². The number of hydrogen-bond donors (Lipinski definition) is 1. The van der Waals surface area contributed by atoms with E-state index in [-0.39, 0.29) is 0 Å². The zero-order chi connectivity index (χ0) is 25.2. The van der Waals surface area contributed by atoms with Gasteiger partial charge >= 0.3 is 0 Å². The SMILES string of the molecule is CCN(CC)CCOc1ccc2cc1COCC=CCOc1cc(ccc1OC)-c1ccnc(n1)N2. The van der Waals surface area contributed by atoms with E-state index in [1.807, 2.05) is 54.6 Å². The topological polar surface area (TPSA) is 78.0 Å². The first kappa shape index (κ1) is 25.5. The van der Waals surface area contributed by atoms with E-state index in [2.05, 4.69) is 29.0 Å². The van der Waals surface area contributed by atoms with Gasteiger partial charge in [-0.2, -0.15) is 0 Å². The van der Waals surface area contributed by atoms with Crippen molar-refractivity contribution in [2.24, 2.45) is 0 Å². The van der Waals surface area contributed by atoms with Crippen LogP contribution >= 0.6 is 0 Å². The molecule has 0 amide bonds. The van der Waals surface area contributed by atoms with Gasteiger partial charge in [0.05, 0.1) is 26.0 Å². The predicted molar refractivity (Wildman–Crippen MR) is 141 cm³/mol. The Balaban J connectivity index is 1.60. The van der Waals surface area contributed by atoms with Crippen LogP contribution in [0.15, 0.2) is 60.8 Å². The van der Waals surface area contributed by atoms with Crippen molar-refractivity contribution in [1.82, 2.24) is 14.9 Å². The number of nitrogens with one attached hydrogen (secondary N) is 1. The maximum Gasteiger partial charge on any atom is 0.227 e. The van der Waals surface area contributed by atoms with E-state index >= 15 is 0 Å². The highest BCUT2D eigenvalue weighted by Gasteiger charge is 2.11. The number of aromatic nitrogens is 2. The summed E-state index contributed by atoms with van der Waals surface area (Å²) in [4.78, 5) is 11.5. The van der Waals surface area contributed by atoms with Gasteiger partial charge in [0.1, 0.15) is 19.0 Å². The summed E-state index contributed by atoms with van der Waals surface area (Å²) in [6.45, 7) is 9.09. The minimum Gasteiger partial charge on any atom is -0.493 e. The van der Waals surface area contributed by atoms with Crippen LogP contribution in [-0.4, -0.2) is 61.4 Å². The van der Waals surface area contributed by atoms with Crippen LogP contribution in [0.5, 0.6) is 17.2 Å². The Kier molecular flexibility index (Phi) is 9.13. The molecule has 2 aromatic carbocycles. The number of fused-ring (bicyclic) bond motifs is 7. The van der Waals surface area contributed by atoms with E-state index in [4.69, 9.17) is 23.9 Å². The summed E-state index contributed by atoms with van der Waals surface area (Å²) in [7, 11) is 1.63. The minimum atomic E-state index is 0.398. The molecule has 0 atom stereocenters. The largest absolute Gasteiger partial charge is 0.493 e. The second kappa shape index (κ2) is 12.9. The lowest BCUT2D eigenvalue weighted by Gasteiger charge is -2.19. The molecule has 0 radical (unpaired) electrons. The second-order valence-corrected chi connectivity index (χ2v) is 8.25. The zero-order valence-corrected chi connectivity index (χ0v) is 21.2. The molecule has 1 aliphatic heterocycles. The first-order valence-corrected chi connectivity index (χ1v) is 12.3. The molecule has 1 N–H and O–H groups in total. The third-order valence-electron chi connectivity index (χ3n) is 5.96. The Hall–Kier alpha value is -3.62. The number of likely N-dealkylation sites (N-methyl/N-ethyl adjacent to an activating group) is 1. The van der Waals surface area contributed by atoms with Gasteiger partial charge in [0.25, 0.3) is 0 Å². The lowest BCUT2D eigenvalue weighted by atomic mass is 10.1. The Morgan fingerprint density at radius 3 is 2.67 bits per heavy atom. The Morgan fingerprint density at radius 2 is 1.83 bits per heavy atom. The van der Waals surface area contributed by atoms with Crippen molar-refractivity contribution in [2.75, 3.05) is 51.9 Å². The predicted octanol–water partition coefficient (Wildman–Crippen LogP) is 5.08. The number of benzene rings is 2. The number of hydrogen-bond acceptors (Lipinski definition) is 8. The summed E-state index contributed by atoms with van der Waals surface area (Å²) in [6.07, 6.45) is 5.62. The average Bonchev–Trinajstić information content (AvgIpc) is 2.91. The first-order chi connectivity index (χ1) is 17.7. The molecule has 4 rings (SSSR count). The van der Waals surface area contributed by atoms with Gasteiger partial charge < -0.3 is 29.2 Å². The first-order valence-electron chi connectivity index (χ1n) is 12.3. The van der Waals surface area contributed by atoms with E-state index in [1.54, 1.807) is 13.3 Å². The molecule has 0 spiro atoms. The van der Waals surface area contributed by atoms with Gasteiger partial charge in [-0.25, -0.2) is 9.97 Å². The molecule has 1 aliphatic rings. The van der Waals surface area contributed by atoms with E-state index in [0.717, 1.165) is 47.9 Å². The molecular formula is C28H34N4O4.